The number of benzene rings is 2. The molecule has 158 valence electrons. The Morgan fingerprint density at radius 1 is 1.10 bits per heavy atom. The smallest absolute Gasteiger partial charge is 0.279 e. The number of aromatic nitrogens is 1. The highest BCUT2D eigenvalue weighted by molar-refractivity contribution is 7.91. The molecule has 0 saturated heterocycles. The Morgan fingerprint density at radius 3 is 2.30 bits per heavy atom. The van der Waals surface area contributed by atoms with Gasteiger partial charge in [-0.2, -0.15) is 4.99 Å². The first-order chi connectivity index (χ1) is 14.1. The molecular weight excluding hydrogens is 444 g/mol. The van der Waals surface area contributed by atoms with E-state index in [4.69, 9.17) is 0 Å². The molecule has 2 aromatic carbocycles. The summed E-state index contributed by atoms with van der Waals surface area (Å²) in [5.41, 5.74) is 0.993. The summed E-state index contributed by atoms with van der Waals surface area (Å²) in [6.07, 6.45) is 2.79. The number of amides is 1. The van der Waals surface area contributed by atoms with Crippen molar-refractivity contribution in [2.45, 2.75) is 23.3 Å². The highest BCUT2D eigenvalue weighted by atomic mass is 32.2. The van der Waals surface area contributed by atoms with Gasteiger partial charge in [-0.3, -0.25) is 4.79 Å². The van der Waals surface area contributed by atoms with E-state index in [0.717, 1.165) is 11.8 Å². The monoisotopic (exact) mass is 464 g/mol. The van der Waals surface area contributed by atoms with Gasteiger partial charge in [0.1, 0.15) is 0 Å². The first-order valence-corrected chi connectivity index (χ1v) is 13.3. The molecule has 0 N–H and O–H groups in total. The summed E-state index contributed by atoms with van der Waals surface area (Å²) >= 11 is 1.20. The number of hydrogen-bond donors (Lipinski definition) is 0. The molecule has 1 amide bonds. The van der Waals surface area contributed by atoms with Gasteiger partial charge in [0.25, 0.3) is 5.91 Å². The minimum absolute atomic E-state index is 0.0243. The van der Waals surface area contributed by atoms with Crippen LogP contribution in [0.2, 0.25) is 0 Å². The molecule has 0 spiro atoms. The number of fused-ring (bicyclic) bond motifs is 1. The van der Waals surface area contributed by atoms with Crippen molar-refractivity contribution in [3.05, 3.63) is 65.5 Å². The maximum absolute atomic E-state index is 12.7. The summed E-state index contributed by atoms with van der Waals surface area (Å²) < 4.78 is 50.0. The van der Waals surface area contributed by atoms with Gasteiger partial charge < -0.3 is 4.57 Å². The zero-order valence-electron chi connectivity index (χ0n) is 16.4. The van der Waals surface area contributed by atoms with Crippen LogP contribution in [-0.2, 0) is 26.2 Å². The van der Waals surface area contributed by atoms with Gasteiger partial charge in [-0.25, -0.2) is 16.8 Å². The van der Waals surface area contributed by atoms with Crippen molar-refractivity contribution < 1.29 is 21.6 Å². The molecule has 1 aromatic heterocycles. The van der Waals surface area contributed by atoms with Crippen molar-refractivity contribution in [2.75, 3.05) is 12.0 Å². The van der Waals surface area contributed by atoms with E-state index in [1.54, 1.807) is 29.7 Å². The lowest BCUT2D eigenvalue weighted by atomic mass is 10.2. The lowest BCUT2D eigenvalue weighted by Crippen LogP contribution is -2.16. The van der Waals surface area contributed by atoms with E-state index in [1.807, 2.05) is 0 Å². The summed E-state index contributed by atoms with van der Waals surface area (Å²) in [6, 6.07) is 10.4. The Bertz CT molecular complexity index is 1410. The Hall–Kier alpha value is -2.56. The second kappa shape index (κ2) is 8.29. The van der Waals surface area contributed by atoms with Gasteiger partial charge in [0.05, 0.1) is 25.8 Å². The van der Waals surface area contributed by atoms with Crippen LogP contribution in [0.1, 0.15) is 17.3 Å². The lowest BCUT2D eigenvalue weighted by molar-refractivity contribution is 0.0997. The normalized spacial score (nSPS) is 12.9. The third-order valence-corrected chi connectivity index (χ3v) is 8.33. The standard InChI is InChI=1S/C20H20N2O5S3/c1-4-12-22-17-11-10-16(29(3,24)25)13-18(17)28-20(22)21-19(23)14-6-8-15(9-7-14)30(26,27)5-2/h4,6-11,13H,1,5,12H2,2-3H3. The van der Waals surface area contributed by atoms with Gasteiger partial charge in [-0.15, -0.1) is 6.58 Å². The molecule has 0 aliphatic heterocycles. The van der Waals surface area contributed by atoms with Gasteiger partial charge in [-0.05, 0) is 42.5 Å². The van der Waals surface area contributed by atoms with Crippen molar-refractivity contribution in [1.29, 1.82) is 0 Å². The Balaban J connectivity index is 2.09. The molecular formula is C20H20N2O5S3. The van der Waals surface area contributed by atoms with Crippen LogP contribution in [0.25, 0.3) is 10.2 Å². The van der Waals surface area contributed by atoms with Gasteiger partial charge in [-0.1, -0.05) is 24.3 Å². The van der Waals surface area contributed by atoms with E-state index in [9.17, 15) is 21.6 Å². The van der Waals surface area contributed by atoms with Gasteiger partial charge >= 0.3 is 0 Å². The van der Waals surface area contributed by atoms with Gasteiger partial charge in [0.15, 0.2) is 24.5 Å². The number of nitrogens with zero attached hydrogens (tertiary/aromatic N) is 2. The molecule has 0 bridgehead atoms. The molecule has 10 heteroatoms. The maximum atomic E-state index is 12.7. The molecule has 0 aliphatic rings. The number of thiazole rings is 1. The molecule has 1 heterocycles. The molecule has 0 saturated carbocycles. The molecule has 0 unspecified atom stereocenters. The predicted molar refractivity (Wildman–Crippen MR) is 117 cm³/mol. The second-order valence-electron chi connectivity index (χ2n) is 6.53. The highest BCUT2D eigenvalue weighted by Crippen LogP contribution is 2.22. The first kappa shape index (κ1) is 22.1. The van der Waals surface area contributed by atoms with Crippen molar-refractivity contribution in [2.24, 2.45) is 4.99 Å². The van der Waals surface area contributed by atoms with E-state index >= 15 is 0 Å². The number of sulfone groups is 2. The Kier molecular flexibility index (Phi) is 6.11. The molecule has 0 radical (unpaired) electrons. The molecule has 3 rings (SSSR count). The fourth-order valence-electron chi connectivity index (χ4n) is 2.80. The van der Waals surface area contributed by atoms with Crippen LogP contribution in [0.5, 0.6) is 0 Å². The number of rotatable bonds is 6. The number of hydrogen-bond acceptors (Lipinski definition) is 6. The van der Waals surface area contributed by atoms with Crippen molar-refractivity contribution in [3.8, 4) is 0 Å². The van der Waals surface area contributed by atoms with Crippen molar-refractivity contribution >= 4 is 47.1 Å². The summed E-state index contributed by atoms with van der Waals surface area (Å²) in [6.45, 7) is 5.66. The summed E-state index contributed by atoms with van der Waals surface area (Å²) in [7, 11) is -6.72. The second-order valence-corrected chi connectivity index (χ2v) is 11.8. The van der Waals surface area contributed by atoms with Gasteiger partial charge in [0.2, 0.25) is 0 Å². The Morgan fingerprint density at radius 2 is 1.73 bits per heavy atom. The SMILES string of the molecule is C=CCn1c(=NC(=O)c2ccc(S(=O)(=O)CC)cc2)sc2cc(S(C)(=O)=O)ccc21. The molecule has 0 fully saturated rings. The van der Waals surface area contributed by atoms with Crippen molar-refractivity contribution in [3.63, 3.8) is 0 Å². The minimum Gasteiger partial charge on any atom is -0.312 e. The fraction of sp³-hybridized carbons (Fsp3) is 0.200. The van der Waals surface area contributed by atoms with E-state index < -0.39 is 25.6 Å². The average molecular weight is 465 g/mol. The summed E-state index contributed by atoms with van der Waals surface area (Å²) in [5, 5.41) is 0. The van der Waals surface area contributed by atoms with E-state index in [2.05, 4.69) is 11.6 Å². The fourth-order valence-corrected chi connectivity index (χ4v) is 5.48. The molecule has 3 aromatic rings. The Labute approximate surface area is 178 Å². The van der Waals surface area contributed by atoms with Crippen LogP contribution in [0.15, 0.2) is 69.9 Å². The molecule has 7 nitrogen and oxygen atoms in total. The van der Waals surface area contributed by atoms with Crippen LogP contribution in [0.4, 0.5) is 0 Å². The van der Waals surface area contributed by atoms with Crippen LogP contribution in [-0.4, -0.2) is 39.3 Å². The van der Waals surface area contributed by atoms with Crippen LogP contribution in [0, 0.1) is 0 Å². The third kappa shape index (κ3) is 4.45. The largest absolute Gasteiger partial charge is 0.312 e. The topological polar surface area (TPSA) is 103 Å². The van der Waals surface area contributed by atoms with E-state index in [1.165, 1.54) is 41.7 Å². The average Bonchev–Trinajstić information content (AvgIpc) is 3.04. The quantitative estimate of drug-likeness (QED) is 0.522. The first-order valence-electron chi connectivity index (χ1n) is 8.93. The lowest BCUT2D eigenvalue weighted by Gasteiger charge is -2.03. The minimum atomic E-state index is -3.36. The predicted octanol–water partition coefficient (Wildman–Crippen LogP) is 2.83. The zero-order valence-corrected chi connectivity index (χ0v) is 18.9. The molecule has 30 heavy (non-hydrogen) atoms. The summed E-state index contributed by atoms with van der Waals surface area (Å²) in [4.78, 5) is 17.6. The van der Waals surface area contributed by atoms with Gasteiger partial charge in [0, 0.05) is 18.4 Å². The zero-order chi connectivity index (χ0) is 22.1. The number of allylic oxidation sites excluding steroid dienone is 1. The van der Waals surface area contributed by atoms with Crippen LogP contribution in [0.3, 0.4) is 0 Å². The van der Waals surface area contributed by atoms with Crippen LogP contribution >= 0.6 is 11.3 Å². The summed E-state index contributed by atoms with van der Waals surface area (Å²) in [5.74, 6) is -0.549. The van der Waals surface area contributed by atoms with E-state index in [0.29, 0.717) is 16.0 Å². The van der Waals surface area contributed by atoms with Crippen LogP contribution < -0.4 is 4.80 Å². The third-order valence-electron chi connectivity index (χ3n) is 4.43. The highest BCUT2D eigenvalue weighted by Gasteiger charge is 2.14. The molecule has 0 atom stereocenters. The van der Waals surface area contributed by atoms with E-state index in [-0.39, 0.29) is 21.1 Å². The number of carbonyl (C=O) groups excluding carboxylic acids is 1. The van der Waals surface area contributed by atoms with Crippen molar-refractivity contribution in [1.82, 2.24) is 4.57 Å². The maximum Gasteiger partial charge on any atom is 0.279 e. The number of carbonyl (C=O) groups is 1. The molecule has 0 aliphatic carbocycles.